The Bertz CT molecular complexity index is 813. The fourth-order valence-corrected chi connectivity index (χ4v) is 3.21. The second kappa shape index (κ2) is 8.02. The molecule has 0 aliphatic rings. The van der Waals surface area contributed by atoms with Crippen LogP contribution in [0.4, 0.5) is 16.2 Å². The molecule has 0 bridgehead atoms. The highest BCUT2D eigenvalue weighted by molar-refractivity contribution is 7.92. The molecule has 25 heavy (non-hydrogen) atoms. The highest BCUT2D eigenvalue weighted by atomic mass is 32.2. The van der Waals surface area contributed by atoms with Crippen molar-refractivity contribution in [1.29, 1.82) is 0 Å². The average molecular weight is 362 g/mol. The van der Waals surface area contributed by atoms with Gasteiger partial charge in [-0.1, -0.05) is 26.0 Å². The second-order valence-electron chi connectivity index (χ2n) is 5.75. The van der Waals surface area contributed by atoms with E-state index >= 15 is 0 Å². The quantitative estimate of drug-likeness (QED) is 0.807. The predicted molar refractivity (Wildman–Crippen MR) is 98.4 cm³/mol. The van der Waals surface area contributed by atoms with Gasteiger partial charge in [-0.2, -0.15) is 0 Å². The molecule has 0 aliphatic heterocycles. The van der Waals surface area contributed by atoms with Gasteiger partial charge in [-0.15, -0.1) is 0 Å². The third-order valence-corrected chi connectivity index (χ3v) is 4.91. The summed E-state index contributed by atoms with van der Waals surface area (Å²) in [5, 5.41) is 2.51. The summed E-state index contributed by atoms with van der Waals surface area (Å²) in [5.74, 6) is 0.380. The van der Waals surface area contributed by atoms with Crippen molar-refractivity contribution in [2.45, 2.75) is 31.6 Å². The molecule has 0 atom stereocenters. The zero-order valence-corrected chi connectivity index (χ0v) is 15.3. The van der Waals surface area contributed by atoms with E-state index in [1.165, 1.54) is 24.3 Å². The molecule has 2 rings (SSSR count). The zero-order valence-electron chi connectivity index (χ0n) is 14.4. The van der Waals surface area contributed by atoms with E-state index in [0.717, 1.165) is 5.56 Å². The van der Waals surface area contributed by atoms with E-state index in [1.807, 2.05) is 12.1 Å². The first-order chi connectivity index (χ1) is 11.8. The van der Waals surface area contributed by atoms with Crippen LogP contribution in [0.25, 0.3) is 0 Å². The fourth-order valence-electron chi connectivity index (χ4n) is 2.15. The third kappa shape index (κ3) is 5.22. The molecule has 2 aromatic carbocycles. The Balaban J connectivity index is 2.09. The molecule has 0 heterocycles. The van der Waals surface area contributed by atoms with Gasteiger partial charge in [0.15, 0.2) is 0 Å². The lowest BCUT2D eigenvalue weighted by atomic mass is 10.0. The van der Waals surface area contributed by atoms with Crippen molar-refractivity contribution in [2.75, 3.05) is 16.6 Å². The number of carbonyl (C=O) groups is 1. The number of carbonyl (C=O) groups excluding carboxylic acids is 1. The molecule has 2 aromatic rings. The van der Waals surface area contributed by atoms with Gasteiger partial charge in [-0.25, -0.2) is 13.2 Å². The van der Waals surface area contributed by atoms with Crippen LogP contribution in [0.15, 0.2) is 53.4 Å². The highest BCUT2D eigenvalue weighted by Crippen LogP contribution is 2.21. The monoisotopic (exact) mass is 362 g/mol. The summed E-state index contributed by atoms with van der Waals surface area (Å²) in [5.41, 5.74) is 2.09. The van der Waals surface area contributed by atoms with E-state index in [9.17, 15) is 13.2 Å². The van der Waals surface area contributed by atoms with Gasteiger partial charge in [0.1, 0.15) is 0 Å². The molecule has 7 heteroatoms. The van der Waals surface area contributed by atoms with E-state index in [-0.39, 0.29) is 11.5 Å². The molecule has 0 spiro atoms. The lowest BCUT2D eigenvalue weighted by Crippen LogP contribution is -2.14. The summed E-state index contributed by atoms with van der Waals surface area (Å²) in [4.78, 5) is 11.5. The molecule has 0 aliphatic carbocycles. The van der Waals surface area contributed by atoms with Crippen molar-refractivity contribution in [3.05, 3.63) is 54.1 Å². The van der Waals surface area contributed by atoms with Crippen LogP contribution in [-0.2, 0) is 14.8 Å². The predicted octanol–water partition coefficient (Wildman–Crippen LogP) is 4.18. The normalized spacial score (nSPS) is 11.2. The van der Waals surface area contributed by atoms with Crippen LogP contribution in [0, 0.1) is 0 Å². The second-order valence-corrected chi connectivity index (χ2v) is 7.43. The Morgan fingerprint density at radius 1 is 1.00 bits per heavy atom. The number of hydrogen-bond donors (Lipinski definition) is 2. The van der Waals surface area contributed by atoms with Gasteiger partial charge in [0.05, 0.1) is 11.5 Å². The van der Waals surface area contributed by atoms with Gasteiger partial charge < -0.3 is 4.74 Å². The van der Waals surface area contributed by atoms with Crippen LogP contribution < -0.4 is 10.0 Å². The van der Waals surface area contributed by atoms with Gasteiger partial charge in [0, 0.05) is 11.4 Å². The number of anilines is 2. The van der Waals surface area contributed by atoms with Crippen LogP contribution in [0.1, 0.15) is 32.3 Å². The third-order valence-electron chi connectivity index (χ3n) is 3.52. The van der Waals surface area contributed by atoms with Crippen molar-refractivity contribution in [3.63, 3.8) is 0 Å². The first-order valence-electron chi connectivity index (χ1n) is 7.98. The summed E-state index contributed by atoms with van der Waals surface area (Å²) in [6, 6.07) is 13.1. The first kappa shape index (κ1) is 18.8. The average Bonchev–Trinajstić information content (AvgIpc) is 2.55. The van der Waals surface area contributed by atoms with Crippen LogP contribution in [0.3, 0.4) is 0 Å². The van der Waals surface area contributed by atoms with Gasteiger partial charge in [-0.3, -0.25) is 10.0 Å². The number of ether oxygens (including phenoxy) is 1. The molecule has 0 unspecified atom stereocenters. The Kier molecular flexibility index (Phi) is 6.03. The van der Waals surface area contributed by atoms with Crippen molar-refractivity contribution in [1.82, 2.24) is 0 Å². The van der Waals surface area contributed by atoms with Gasteiger partial charge in [0.25, 0.3) is 10.0 Å². The maximum Gasteiger partial charge on any atom is 0.411 e. The summed E-state index contributed by atoms with van der Waals surface area (Å²) < 4.78 is 32.2. The standard InChI is InChI=1S/C18H22N2O4S/c1-4-24-18(21)19-15-9-11-17(12-10-15)25(22,23)20-16-7-5-14(6-8-16)13(2)3/h5-13,20H,4H2,1-3H3,(H,19,21). The molecular weight excluding hydrogens is 340 g/mol. The Hall–Kier alpha value is -2.54. The summed E-state index contributed by atoms with van der Waals surface area (Å²) >= 11 is 0. The van der Waals surface area contributed by atoms with Crippen molar-refractivity contribution < 1.29 is 17.9 Å². The Labute approximate surface area is 148 Å². The largest absolute Gasteiger partial charge is 0.450 e. The van der Waals surface area contributed by atoms with Crippen molar-refractivity contribution in [3.8, 4) is 0 Å². The molecule has 0 fully saturated rings. The minimum atomic E-state index is -3.70. The number of sulfonamides is 1. The van der Waals surface area contributed by atoms with Crippen LogP contribution in [0.5, 0.6) is 0 Å². The Morgan fingerprint density at radius 3 is 2.08 bits per heavy atom. The SMILES string of the molecule is CCOC(=O)Nc1ccc(S(=O)(=O)Nc2ccc(C(C)C)cc2)cc1. The molecule has 0 radical (unpaired) electrons. The van der Waals surface area contributed by atoms with Gasteiger partial charge >= 0.3 is 6.09 Å². The van der Waals surface area contributed by atoms with E-state index in [1.54, 1.807) is 19.1 Å². The van der Waals surface area contributed by atoms with Crippen molar-refractivity contribution >= 4 is 27.5 Å². The number of amides is 1. The molecule has 6 nitrogen and oxygen atoms in total. The van der Waals surface area contributed by atoms with Crippen LogP contribution in [0.2, 0.25) is 0 Å². The van der Waals surface area contributed by atoms with E-state index in [2.05, 4.69) is 23.9 Å². The minimum Gasteiger partial charge on any atom is -0.450 e. The maximum atomic E-state index is 12.4. The topological polar surface area (TPSA) is 84.5 Å². The molecule has 1 amide bonds. The first-order valence-corrected chi connectivity index (χ1v) is 9.46. The van der Waals surface area contributed by atoms with E-state index in [4.69, 9.17) is 4.74 Å². The van der Waals surface area contributed by atoms with Crippen LogP contribution in [-0.4, -0.2) is 21.1 Å². The molecular formula is C18H22N2O4S. The van der Waals surface area contributed by atoms with E-state index in [0.29, 0.717) is 17.3 Å². The van der Waals surface area contributed by atoms with Gasteiger partial charge in [-0.05, 0) is 54.8 Å². The van der Waals surface area contributed by atoms with Crippen molar-refractivity contribution in [2.24, 2.45) is 0 Å². The Morgan fingerprint density at radius 2 is 1.56 bits per heavy atom. The minimum absolute atomic E-state index is 0.106. The smallest absolute Gasteiger partial charge is 0.411 e. The lowest BCUT2D eigenvalue weighted by Gasteiger charge is -2.11. The summed E-state index contributed by atoms with van der Waals surface area (Å²) in [6.45, 7) is 6.11. The van der Waals surface area contributed by atoms with Gasteiger partial charge in [0.2, 0.25) is 0 Å². The molecule has 134 valence electrons. The van der Waals surface area contributed by atoms with Crippen LogP contribution >= 0.6 is 0 Å². The maximum absolute atomic E-state index is 12.4. The summed E-state index contributed by atoms with van der Waals surface area (Å²) in [6.07, 6.45) is -0.582. The molecule has 0 saturated heterocycles. The molecule has 0 saturated carbocycles. The number of hydrogen-bond acceptors (Lipinski definition) is 4. The number of nitrogens with one attached hydrogen (secondary N) is 2. The molecule has 2 N–H and O–H groups in total. The lowest BCUT2D eigenvalue weighted by molar-refractivity contribution is 0.168. The number of benzene rings is 2. The highest BCUT2D eigenvalue weighted by Gasteiger charge is 2.14. The summed E-state index contributed by atoms with van der Waals surface area (Å²) in [7, 11) is -3.70. The molecule has 0 aromatic heterocycles. The zero-order chi connectivity index (χ0) is 18.4. The fraction of sp³-hybridized carbons (Fsp3) is 0.278. The number of rotatable bonds is 6. The van der Waals surface area contributed by atoms with E-state index < -0.39 is 16.1 Å².